The van der Waals surface area contributed by atoms with Gasteiger partial charge in [0, 0.05) is 38.3 Å². The van der Waals surface area contributed by atoms with Gasteiger partial charge in [0.05, 0.1) is 6.61 Å². The molecule has 1 N–H and O–H groups in total. The Morgan fingerprint density at radius 3 is 3.04 bits per heavy atom. The van der Waals surface area contributed by atoms with Crippen LogP contribution in [0.2, 0.25) is 0 Å². The first-order valence-electron chi connectivity index (χ1n) is 9.09. The Morgan fingerprint density at radius 1 is 1.24 bits per heavy atom. The van der Waals surface area contributed by atoms with Crippen LogP contribution in [0, 0.1) is 0 Å². The van der Waals surface area contributed by atoms with Crippen molar-refractivity contribution in [2.24, 2.45) is 0 Å². The Hall–Kier alpha value is -2.15. The number of nitrogens with zero attached hydrogens (tertiary/aromatic N) is 2. The fraction of sp³-hybridized carbons (Fsp3) is 0.611. The highest BCUT2D eigenvalue weighted by Gasteiger charge is 2.30. The second-order valence-electron chi connectivity index (χ2n) is 6.74. The first-order valence-corrected chi connectivity index (χ1v) is 9.09. The Labute approximate surface area is 147 Å². The number of hydrogen-bond acceptors (Lipinski definition) is 5. The minimum Gasteiger partial charge on any atom is -0.493 e. The molecule has 3 aliphatic heterocycles. The van der Waals surface area contributed by atoms with E-state index < -0.39 is 0 Å². The Bertz CT molecular complexity index is 624. The maximum atomic E-state index is 11.8. The van der Waals surface area contributed by atoms with E-state index in [1.165, 1.54) is 0 Å². The number of hydrogen-bond donors (Lipinski definition) is 1. The van der Waals surface area contributed by atoms with Gasteiger partial charge >= 0.3 is 6.03 Å². The quantitative estimate of drug-likeness (QED) is 0.793. The molecule has 7 heteroatoms. The average Bonchev–Trinajstić information content (AvgIpc) is 3.27. The molecule has 0 unspecified atom stereocenters. The van der Waals surface area contributed by atoms with Gasteiger partial charge < -0.3 is 29.3 Å². The number of piperidine rings is 1. The number of ether oxygens (including phenoxy) is 3. The number of nitrogens with one attached hydrogen (secondary N) is 1. The topological polar surface area (TPSA) is 63.3 Å². The average molecular weight is 347 g/mol. The number of likely N-dealkylation sites (tertiary alicyclic amines) is 1. The van der Waals surface area contributed by atoms with Crippen LogP contribution in [0.3, 0.4) is 0 Å². The van der Waals surface area contributed by atoms with Gasteiger partial charge in [0.25, 0.3) is 0 Å². The summed E-state index contributed by atoms with van der Waals surface area (Å²) in [4.78, 5) is 16.3. The molecule has 2 saturated heterocycles. The molecule has 3 heterocycles. The van der Waals surface area contributed by atoms with Gasteiger partial charge in [-0.3, -0.25) is 0 Å². The monoisotopic (exact) mass is 347 g/mol. The fourth-order valence-electron chi connectivity index (χ4n) is 3.77. The van der Waals surface area contributed by atoms with E-state index in [2.05, 4.69) is 10.2 Å². The fourth-order valence-corrected chi connectivity index (χ4v) is 3.77. The third-order valence-electron chi connectivity index (χ3n) is 5.04. The minimum absolute atomic E-state index is 0.0954. The van der Waals surface area contributed by atoms with Crippen LogP contribution in [0.4, 0.5) is 4.79 Å². The Balaban J connectivity index is 1.20. The summed E-state index contributed by atoms with van der Waals surface area (Å²) in [5, 5.41) is 2.90. The summed E-state index contributed by atoms with van der Waals surface area (Å²) >= 11 is 0. The van der Waals surface area contributed by atoms with Crippen LogP contribution in [0.15, 0.2) is 18.2 Å². The van der Waals surface area contributed by atoms with Gasteiger partial charge in [0.15, 0.2) is 11.5 Å². The summed E-state index contributed by atoms with van der Waals surface area (Å²) in [6, 6.07) is 6.12. The predicted molar refractivity (Wildman–Crippen MR) is 92.2 cm³/mol. The zero-order chi connectivity index (χ0) is 17.1. The second kappa shape index (κ2) is 7.39. The highest BCUT2D eigenvalue weighted by atomic mass is 16.7. The van der Waals surface area contributed by atoms with Gasteiger partial charge in [-0.05, 0) is 37.9 Å². The van der Waals surface area contributed by atoms with Crippen LogP contribution in [0.1, 0.15) is 19.3 Å². The molecule has 1 atom stereocenters. The lowest BCUT2D eigenvalue weighted by atomic mass is 10.0. The van der Waals surface area contributed by atoms with Gasteiger partial charge in [0.2, 0.25) is 6.79 Å². The molecule has 7 nitrogen and oxygen atoms in total. The zero-order valence-electron chi connectivity index (χ0n) is 14.4. The van der Waals surface area contributed by atoms with E-state index in [1.807, 2.05) is 23.1 Å². The number of carbonyl (C=O) groups is 1. The van der Waals surface area contributed by atoms with Crippen molar-refractivity contribution in [2.75, 3.05) is 46.1 Å². The molecule has 0 bridgehead atoms. The lowest BCUT2D eigenvalue weighted by Crippen LogP contribution is -2.49. The summed E-state index contributed by atoms with van der Waals surface area (Å²) in [7, 11) is 0. The molecular weight excluding hydrogens is 322 g/mol. The van der Waals surface area contributed by atoms with Crippen LogP contribution in [-0.2, 0) is 0 Å². The van der Waals surface area contributed by atoms with E-state index in [0.717, 1.165) is 69.2 Å². The van der Waals surface area contributed by atoms with E-state index in [4.69, 9.17) is 14.2 Å². The van der Waals surface area contributed by atoms with Crippen molar-refractivity contribution in [1.82, 2.24) is 15.1 Å². The highest BCUT2D eigenvalue weighted by Crippen LogP contribution is 2.35. The van der Waals surface area contributed by atoms with Crippen molar-refractivity contribution < 1.29 is 19.0 Å². The van der Waals surface area contributed by atoms with Gasteiger partial charge in [-0.1, -0.05) is 0 Å². The van der Waals surface area contributed by atoms with E-state index in [-0.39, 0.29) is 12.8 Å². The molecule has 0 radical (unpaired) electrons. The lowest BCUT2D eigenvalue weighted by molar-refractivity contribution is 0.121. The first-order chi connectivity index (χ1) is 12.3. The summed E-state index contributed by atoms with van der Waals surface area (Å²) in [6.07, 6.45) is 3.22. The summed E-state index contributed by atoms with van der Waals surface area (Å²) < 4.78 is 16.5. The van der Waals surface area contributed by atoms with Crippen LogP contribution in [-0.4, -0.2) is 68.0 Å². The third kappa shape index (κ3) is 3.76. The molecule has 0 saturated carbocycles. The molecule has 1 aromatic rings. The van der Waals surface area contributed by atoms with Gasteiger partial charge in [0.1, 0.15) is 5.75 Å². The smallest absolute Gasteiger partial charge is 0.317 e. The SMILES string of the molecule is O=C1NCCN1[C@H]1CCCN(CCCOc2ccc3c(c2)OCO3)C1. The molecule has 4 rings (SSSR count). The van der Waals surface area contributed by atoms with Crippen molar-refractivity contribution in [3.8, 4) is 17.2 Å². The zero-order valence-corrected chi connectivity index (χ0v) is 14.4. The van der Waals surface area contributed by atoms with Crippen molar-refractivity contribution in [3.63, 3.8) is 0 Å². The van der Waals surface area contributed by atoms with Gasteiger partial charge in [-0.25, -0.2) is 4.79 Å². The van der Waals surface area contributed by atoms with E-state index in [0.29, 0.717) is 12.6 Å². The van der Waals surface area contributed by atoms with Crippen molar-refractivity contribution >= 4 is 6.03 Å². The van der Waals surface area contributed by atoms with Crippen LogP contribution >= 0.6 is 0 Å². The summed E-state index contributed by atoms with van der Waals surface area (Å²) in [5.74, 6) is 2.34. The number of amides is 2. The second-order valence-corrected chi connectivity index (χ2v) is 6.74. The molecule has 0 aliphatic carbocycles. The van der Waals surface area contributed by atoms with Crippen LogP contribution in [0.25, 0.3) is 0 Å². The van der Waals surface area contributed by atoms with Crippen molar-refractivity contribution in [2.45, 2.75) is 25.3 Å². The molecule has 1 aromatic carbocycles. The Morgan fingerprint density at radius 2 is 2.16 bits per heavy atom. The third-order valence-corrected chi connectivity index (χ3v) is 5.04. The number of carbonyl (C=O) groups excluding carboxylic acids is 1. The standard InChI is InChI=1S/C18H25N3O4/c22-18-19-6-9-21(18)14-3-1-7-20(12-14)8-2-10-23-15-4-5-16-17(11-15)25-13-24-16/h4-5,11,14H,1-3,6-10,12-13H2,(H,19,22)/t14-/m0/s1. The number of urea groups is 1. The van der Waals surface area contributed by atoms with Crippen LogP contribution in [0.5, 0.6) is 17.2 Å². The Kier molecular flexibility index (Phi) is 4.83. The molecule has 0 aromatic heterocycles. The van der Waals surface area contributed by atoms with E-state index >= 15 is 0 Å². The van der Waals surface area contributed by atoms with Gasteiger partial charge in [-0.2, -0.15) is 0 Å². The first kappa shape index (κ1) is 16.3. The molecule has 0 spiro atoms. The maximum Gasteiger partial charge on any atom is 0.317 e. The van der Waals surface area contributed by atoms with Crippen LogP contribution < -0.4 is 19.5 Å². The molecular formula is C18H25N3O4. The normalized spacial score (nSPS) is 23.0. The van der Waals surface area contributed by atoms with Crippen molar-refractivity contribution in [1.29, 1.82) is 0 Å². The predicted octanol–water partition coefficient (Wildman–Crippen LogP) is 1.67. The number of rotatable bonds is 6. The minimum atomic E-state index is 0.0954. The summed E-state index contributed by atoms with van der Waals surface area (Å²) in [5.41, 5.74) is 0. The largest absolute Gasteiger partial charge is 0.493 e. The highest BCUT2D eigenvalue weighted by molar-refractivity contribution is 5.76. The van der Waals surface area contributed by atoms with E-state index in [1.54, 1.807) is 0 Å². The molecule has 25 heavy (non-hydrogen) atoms. The number of fused-ring (bicyclic) bond motifs is 1. The van der Waals surface area contributed by atoms with Gasteiger partial charge in [-0.15, -0.1) is 0 Å². The number of benzene rings is 1. The molecule has 2 amide bonds. The van der Waals surface area contributed by atoms with E-state index in [9.17, 15) is 4.79 Å². The molecule has 2 fully saturated rings. The summed E-state index contributed by atoms with van der Waals surface area (Å²) in [6.45, 7) is 5.64. The molecule has 136 valence electrons. The lowest BCUT2D eigenvalue weighted by Gasteiger charge is -2.37. The maximum absolute atomic E-state index is 11.8. The molecule has 3 aliphatic rings. The van der Waals surface area contributed by atoms with Crippen molar-refractivity contribution in [3.05, 3.63) is 18.2 Å².